The van der Waals surface area contributed by atoms with E-state index in [1.807, 2.05) is 37.3 Å². The summed E-state index contributed by atoms with van der Waals surface area (Å²) in [6, 6.07) is 10.1. The molecular formula is C13H13N5S2. The van der Waals surface area contributed by atoms with Crippen LogP contribution in [0.4, 0.5) is 5.13 Å². The van der Waals surface area contributed by atoms with Crippen LogP contribution in [0.5, 0.6) is 0 Å². The number of aromatic nitrogens is 4. The Balaban J connectivity index is 1.65. The number of aryl methyl sites for hydroxylation is 1. The zero-order chi connectivity index (χ0) is 13.8. The van der Waals surface area contributed by atoms with E-state index in [9.17, 15) is 0 Å². The van der Waals surface area contributed by atoms with E-state index < -0.39 is 0 Å². The first-order chi connectivity index (χ1) is 9.85. The normalized spacial score (nSPS) is 10.7. The van der Waals surface area contributed by atoms with Crippen LogP contribution < -0.4 is 5.32 Å². The Hall–Kier alpha value is -1.86. The molecule has 5 nitrogen and oxygen atoms in total. The summed E-state index contributed by atoms with van der Waals surface area (Å²) in [7, 11) is 0. The third-order valence-electron chi connectivity index (χ3n) is 2.66. The molecular weight excluding hydrogens is 290 g/mol. The molecule has 1 N–H and O–H groups in total. The van der Waals surface area contributed by atoms with E-state index in [2.05, 4.69) is 24.9 Å². The number of rotatable bonds is 5. The van der Waals surface area contributed by atoms with Crippen LogP contribution in [0, 0.1) is 0 Å². The Morgan fingerprint density at radius 2 is 2.00 bits per heavy atom. The van der Waals surface area contributed by atoms with Crippen LogP contribution in [-0.4, -0.2) is 19.6 Å². The van der Waals surface area contributed by atoms with Crippen molar-refractivity contribution in [1.29, 1.82) is 0 Å². The molecule has 1 aromatic carbocycles. The van der Waals surface area contributed by atoms with Gasteiger partial charge in [-0.15, -0.1) is 10.2 Å². The van der Waals surface area contributed by atoms with E-state index in [1.165, 1.54) is 11.5 Å². The first kappa shape index (κ1) is 13.1. The number of benzene rings is 1. The maximum absolute atomic E-state index is 4.36. The van der Waals surface area contributed by atoms with E-state index in [4.69, 9.17) is 0 Å². The van der Waals surface area contributed by atoms with E-state index in [-0.39, 0.29) is 0 Å². The van der Waals surface area contributed by atoms with Crippen molar-refractivity contribution in [3.05, 3.63) is 41.2 Å². The molecule has 2 heterocycles. The molecule has 3 aromatic rings. The number of nitrogens with zero attached hydrogens (tertiary/aromatic N) is 4. The van der Waals surface area contributed by atoms with Crippen LogP contribution >= 0.6 is 22.9 Å². The molecule has 7 heteroatoms. The van der Waals surface area contributed by atoms with Crippen molar-refractivity contribution in [1.82, 2.24) is 19.6 Å². The van der Waals surface area contributed by atoms with Crippen molar-refractivity contribution in [2.24, 2.45) is 0 Å². The Morgan fingerprint density at radius 3 is 2.75 bits per heavy atom. The Kier molecular flexibility index (Phi) is 3.98. The van der Waals surface area contributed by atoms with Gasteiger partial charge in [-0.25, -0.2) is 4.98 Å². The Morgan fingerprint density at radius 1 is 1.15 bits per heavy atom. The lowest BCUT2D eigenvalue weighted by molar-refractivity contribution is 0.972. The molecule has 0 saturated heterocycles. The fraction of sp³-hybridized carbons (Fsp3) is 0.231. The van der Waals surface area contributed by atoms with Gasteiger partial charge in [-0.2, -0.15) is 4.37 Å². The third-order valence-corrected chi connectivity index (χ3v) is 4.35. The second-order valence-corrected chi connectivity index (χ2v) is 5.90. The predicted octanol–water partition coefficient (Wildman–Crippen LogP) is 3.23. The molecule has 0 aliphatic rings. The maximum atomic E-state index is 4.36. The molecule has 0 amide bonds. The highest BCUT2D eigenvalue weighted by Crippen LogP contribution is 2.23. The zero-order valence-corrected chi connectivity index (χ0v) is 12.5. The maximum Gasteiger partial charge on any atom is 0.202 e. The molecule has 0 bridgehead atoms. The average molecular weight is 303 g/mol. The average Bonchev–Trinajstić information content (AvgIpc) is 3.15. The minimum atomic E-state index is 0.628. The highest BCUT2D eigenvalue weighted by molar-refractivity contribution is 7.14. The van der Waals surface area contributed by atoms with E-state index in [0.29, 0.717) is 6.54 Å². The molecule has 0 fully saturated rings. The monoisotopic (exact) mass is 303 g/mol. The lowest BCUT2D eigenvalue weighted by Gasteiger charge is -1.96. The fourth-order valence-electron chi connectivity index (χ4n) is 1.64. The minimum Gasteiger partial charge on any atom is -0.354 e. The van der Waals surface area contributed by atoms with Gasteiger partial charge in [-0.05, 0) is 0 Å². The molecule has 0 aliphatic heterocycles. The fourth-order valence-corrected chi connectivity index (χ4v) is 3.07. The van der Waals surface area contributed by atoms with Crippen LogP contribution in [0.3, 0.4) is 0 Å². The van der Waals surface area contributed by atoms with Gasteiger partial charge in [-0.3, -0.25) is 0 Å². The van der Waals surface area contributed by atoms with Gasteiger partial charge in [0.25, 0.3) is 0 Å². The molecule has 0 spiro atoms. The summed E-state index contributed by atoms with van der Waals surface area (Å²) in [4.78, 5) is 4.36. The summed E-state index contributed by atoms with van der Waals surface area (Å²) in [6.45, 7) is 2.67. The van der Waals surface area contributed by atoms with Gasteiger partial charge in [0.1, 0.15) is 15.8 Å². The molecule has 20 heavy (non-hydrogen) atoms. The first-order valence-corrected chi connectivity index (χ1v) is 7.88. The smallest absolute Gasteiger partial charge is 0.202 e. The van der Waals surface area contributed by atoms with Crippen molar-refractivity contribution in [3.63, 3.8) is 0 Å². The van der Waals surface area contributed by atoms with Gasteiger partial charge < -0.3 is 5.32 Å². The van der Waals surface area contributed by atoms with Gasteiger partial charge in [-0.1, -0.05) is 48.6 Å². The lowest BCUT2D eigenvalue weighted by atomic mass is 10.2. The van der Waals surface area contributed by atoms with Gasteiger partial charge in [0.2, 0.25) is 5.13 Å². The topological polar surface area (TPSA) is 63.6 Å². The highest BCUT2D eigenvalue weighted by Gasteiger charge is 2.07. The van der Waals surface area contributed by atoms with Crippen molar-refractivity contribution in [2.75, 3.05) is 5.32 Å². The van der Waals surface area contributed by atoms with E-state index in [0.717, 1.165) is 33.0 Å². The van der Waals surface area contributed by atoms with Crippen LogP contribution in [-0.2, 0) is 13.0 Å². The van der Waals surface area contributed by atoms with Crippen LogP contribution in [0.2, 0.25) is 0 Å². The molecule has 2 aromatic heterocycles. The SMILES string of the molecule is CCc1nsc(NCc2nnc(-c3ccccc3)s2)n1. The molecule has 0 aliphatic carbocycles. The van der Waals surface area contributed by atoms with E-state index >= 15 is 0 Å². The molecule has 0 radical (unpaired) electrons. The summed E-state index contributed by atoms with van der Waals surface area (Å²) >= 11 is 2.97. The van der Waals surface area contributed by atoms with Crippen LogP contribution in [0.15, 0.2) is 30.3 Å². The Bertz CT molecular complexity index is 677. The quantitative estimate of drug-likeness (QED) is 0.784. The second-order valence-electron chi connectivity index (χ2n) is 4.09. The van der Waals surface area contributed by atoms with Crippen molar-refractivity contribution < 1.29 is 0 Å². The van der Waals surface area contributed by atoms with Gasteiger partial charge in [0, 0.05) is 23.5 Å². The van der Waals surface area contributed by atoms with Crippen LogP contribution in [0.1, 0.15) is 17.8 Å². The van der Waals surface area contributed by atoms with Crippen molar-refractivity contribution in [2.45, 2.75) is 19.9 Å². The molecule has 0 saturated carbocycles. The number of nitrogens with one attached hydrogen (secondary N) is 1. The zero-order valence-electron chi connectivity index (χ0n) is 10.9. The predicted molar refractivity (Wildman–Crippen MR) is 82.0 cm³/mol. The van der Waals surface area contributed by atoms with Gasteiger partial charge in [0.15, 0.2) is 0 Å². The van der Waals surface area contributed by atoms with Crippen molar-refractivity contribution in [3.8, 4) is 10.6 Å². The third kappa shape index (κ3) is 3.00. The summed E-state index contributed by atoms with van der Waals surface area (Å²) in [5.41, 5.74) is 1.10. The summed E-state index contributed by atoms with van der Waals surface area (Å²) in [6.07, 6.45) is 0.856. The number of anilines is 1. The molecule has 3 rings (SSSR count). The lowest BCUT2D eigenvalue weighted by Crippen LogP contribution is -1.98. The standard InChI is InChI=1S/C13H13N5S2/c1-2-10-15-13(20-18-10)14-8-11-16-17-12(19-11)9-6-4-3-5-7-9/h3-7H,2,8H2,1H3,(H,14,15,18). The van der Waals surface area contributed by atoms with Gasteiger partial charge >= 0.3 is 0 Å². The number of hydrogen-bond acceptors (Lipinski definition) is 7. The Labute approximate surface area is 124 Å². The van der Waals surface area contributed by atoms with Crippen LogP contribution in [0.25, 0.3) is 10.6 Å². The molecule has 102 valence electrons. The molecule has 0 atom stereocenters. The summed E-state index contributed by atoms with van der Waals surface area (Å²) in [5.74, 6) is 0.875. The van der Waals surface area contributed by atoms with Gasteiger partial charge in [0.05, 0.1) is 6.54 Å². The summed E-state index contributed by atoms with van der Waals surface area (Å²) < 4.78 is 4.24. The first-order valence-electron chi connectivity index (χ1n) is 6.29. The largest absolute Gasteiger partial charge is 0.354 e. The second kappa shape index (κ2) is 6.06. The van der Waals surface area contributed by atoms with Crippen molar-refractivity contribution >= 4 is 28.0 Å². The van der Waals surface area contributed by atoms with E-state index in [1.54, 1.807) is 11.3 Å². The minimum absolute atomic E-state index is 0.628. The summed E-state index contributed by atoms with van der Waals surface area (Å²) in [5, 5.41) is 14.4. The number of hydrogen-bond donors (Lipinski definition) is 1. The highest BCUT2D eigenvalue weighted by atomic mass is 32.1. The molecule has 0 unspecified atom stereocenters.